The lowest BCUT2D eigenvalue weighted by atomic mass is 10.0. The van der Waals surface area contributed by atoms with E-state index >= 15 is 0 Å². The van der Waals surface area contributed by atoms with E-state index in [1.54, 1.807) is 42.5 Å². The van der Waals surface area contributed by atoms with Crippen molar-refractivity contribution in [1.82, 2.24) is 30.7 Å². The molecule has 0 aromatic heterocycles. The van der Waals surface area contributed by atoms with E-state index in [2.05, 4.69) is 16.0 Å². The highest BCUT2D eigenvalue weighted by Crippen LogP contribution is 2.26. The first-order valence-corrected chi connectivity index (χ1v) is 17.8. The number of amides is 6. The highest BCUT2D eigenvalue weighted by molar-refractivity contribution is 5.98. The number of cyclic esters (lactones) is 1. The summed E-state index contributed by atoms with van der Waals surface area (Å²) in [6.07, 6.45) is 11.0. The fourth-order valence-electron chi connectivity index (χ4n) is 6.62. The van der Waals surface area contributed by atoms with E-state index in [-0.39, 0.29) is 25.4 Å². The molecule has 7 atom stereocenters. The smallest absolute Gasteiger partial charge is 0.328 e. The number of ether oxygens (including phenoxy) is 1. The lowest BCUT2D eigenvalue weighted by Gasteiger charge is -2.34. The summed E-state index contributed by atoms with van der Waals surface area (Å²) >= 11 is 0. The SMILES string of the molecule is C/C=C/C=C/C=C/C(=O)N[C@@H](Cc1ccccc1)C(=O)NC1COC(=O)[C@@H]2C[C@@H](C)CN2C(=O)[C@H](C)NC(=O)[C@H](C)N(C)C(=O)[C@@H]2CCCN2C1=O. The zero-order chi connectivity index (χ0) is 37.9. The van der Waals surface area contributed by atoms with Crippen LogP contribution in [0.15, 0.2) is 66.8 Å². The highest BCUT2D eigenvalue weighted by Gasteiger charge is 2.44. The Kier molecular flexibility index (Phi) is 13.9. The molecule has 0 bridgehead atoms. The number of allylic oxidation sites excluding steroid dienone is 5. The van der Waals surface area contributed by atoms with E-state index in [0.717, 1.165) is 5.56 Å². The first-order valence-electron chi connectivity index (χ1n) is 17.8. The zero-order valence-corrected chi connectivity index (χ0v) is 30.4. The van der Waals surface area contributed by atoms with Crippen molar-refractivity contribution >= 4 is 41.4 Å². The molecular weight excluding hydrogens is 668 g/mol. The number of fused-ring (bicyclic) bond motifs is 2. The second-order valence-electron chi connectivity index (χ2n) is 13.6. The second kappa shape index (κ2) is 18.3. The Morgan fingerprint density at radius 3 is 2.37 bits per heavy atom. The number of hydrogen-bond donors (Lipinski definition) is 3. The summed E-state index contributed by atoms with van der Waals surface area (Å²) in [5.41, 5.74) is 0.747. The maximum Gasteiger partial charge on any atom is 0.328 e. The van der Waals surface area contributed by atoms with Crippen LogP contribution in [-0.4, -0.2) is 119 Å². The van der Waals surface area contributed by atoms with Gasteiger partial charge in [-0.05, 0) is 51.5 Å². The van der Waals surface area contributed by atoms with E-state index in [0.29, 0.717) is 19.3 Å². The van der Waals surface area contributed by atoms with Gasteiger partial charge in [-0.3, -0.25) is 28.8 Å². The minimum Gasteiger partial charge on any atom is -0.461 e. The van der Waals surface area contributed by atoms with Crippen LogP contribution in [-0.2, 0) is 44.7 Å². The maximum absolute atomic E-state index is 14.3. The first kappa shape index (κ1) is 39.5. The molecule has 0 spiro atoms. The van der Waals surface area contributed by atoms with E-state index in [4.69, 9.17) is 4.74 Å². The molecule has 52 heavy (non-hydrogen) atoms. The van der Waals surface area contributed by atoms with E-state index in [1.807, 2.05) is 26.0 Å². The van der Waals surface area contributed by atoms with E-state index in [1.165, 1.54) is 47.7 Å². The molecule has 3 N–H and O–H groups in total. The molecule has 14 heteroatoms. The minimum atomic E-state index is -1.43. The van der Waals surface area contributed by atoms with Gasteiger partial charge >= 0.3 is 5.97 Å². The van der Waals surface area contributed by atoms with Crippen molar-refractivity contribution < 1.29 is 38.3 Å². The van der Waals surface area contributed by atoms with Crippen LogP contribution in [0.25, 0.3) is 0 Å². The van der Waals surface area contributed by atoms with Gasteiger partial charge in [-0.1, -0.05) is 67.6 Å². The Bertz CT molecular complexity index is 1590. The van der Waals surface area contributed by atoms with Crippen LogP contribution < -0.4 is 16.0 Å². The zero-order valence-electron chi connectivity index (χ0n) is 30.4. The average molecular weight is 719 g/mol. The Morgan fingerprint density at radius 2 is 1.65 bits per heavy atom. The molecule has 6 amide bonds. The standard InChI is InChI=1S/C38H50N6O8/c1-6-7-8-9-13-18-32(45)40-28(21-27-15-11-10-12-16-27)34(47)41-29-23-52-38(51)31-20-24(2)22-44(31)35(48)25(3)39-33(46)26(4)42(5)37(50)30-17-14-19-43(30)36(29)49/h6-13,15-16,18,24-26,28-31H,14,17,19-23H2,1-5H3,(H,39,46)(H,40,45)(H,41,47)/b7-6+,9-8+,18-13+/t24-,25+,26+,28+,29?,30+,31+/m1/s1. The van der Waals surface area contributed by atoms with Crippen molar-refractivity contribution in [2.75, 3.05) is 26.7 Å². The van der Waals surface area contributed by atoms with Crippen LogP contribution in [0.5, 0.6) is 0 Å². The Balaban J connectivity index is 1.66. The van der Waals surface area contributed by atoms with Gasteiger partial charge in [-0.15, -0.1) is 0 Å². The van der Waals surface area contributed by atoms with Gasteiger partial charge < -0.3 is 35.4 Å². The van der Waals surface area contributed by atoms with Gasteiger partial charge in [0.05, 0.1) is 0 Å². The van der Waals surface area contributed by atoms with Gasteiger partial charge in [-0.25, -0.2) is 4.79 Å². The monoisotopic (exact) mass is 718 g/mol. The van der Waals surface area contributed by atoms with Gasteiger partial charge in [0.1, 0.15) is 42.9 Å². The van der Waals surface area contributed by atoms with E-state index in [9.17, 15) is 33.6 Å². The minimum absolute atomic E-state index is 0.0494. The van der Waals surface area contributed by atoms with Crippen molar-refractivity contribution in [3.8, 4) is 0 Å². The number of esters is 1. The molecule has 3 fully saturated rings. The van der Waals surface area contributed by atoms with Crippen molar-refractivity contribution in [2.24, 2.45) is 5.92 Å². The fraction of sp³-hybridized carbons (Fsp3) is 0.500. The third kappa shape index (κ3) is 9.95. The number of likely N-dealkylation sites (N-methyl/N-ethyl adjacent to an activating group) is 1. The predicted molar refractivity (Wildman–Crippen MR) is 192 cm³/mol. The van der Waals surface area contributed by atoms with Gasteiger partial charge in [0.15, 0.2) is 0 Å². The largest absolute Gasteiger partial charge is 0.461 e. The lowest BCUT2D eigenvalue weighted by molar-refractivity contribution is -0.158. The molecule has 1 aromatic carbocycles. The number of nitrogens with zero attached hydrogens (tertiary/aromatic N) is 3. The van der Waals surface area contributed by atoms with Crippen molar-refractivity contribution in [1.29, 1.82) is 0 Å². The summed E-state index contributed by atoms with van der Waals surface area (Å²) in [6, 6.07) is 2.59. The quantitative estimate of drug-likeness (QED) is 0.203. The number of carbonyl (C=O) groups excluding carboxylic acids is 7. The van der Waals surface area contributed by atoms with Crippen LogP contribution in [0.4, 0.5) is 0 Å². The van der Waals surface area contributed by atoms with Crippen molar-refractivity contribution in [3.63, 3.8) is 0 Å². The van der Waals surface area contributed by atoms with E-state index < -0.39 is 84.3 Å². The van der Waals surface area contributed by atoms with Crippen molar-refractivity contribution in [2.45, 2.75) is 89.6 Å². The Morgan fingerprint density at radius 1 is 0.942 bits per heavy atom. The number of nitrogens with one attached hydrogen (secondary N) is 3. The summed E-state index contributed by atoms with van der Waals surface area (Å²) in [6.45, 7) is 6.67. The third-order valence-electron chi connectivity index (χ3n) is 9.62. The first-order chi connectivity index (χ1) is 24.8. The van der Waals surface area contributed by atoms with Gasteiger partial charge in [0.2, 0.25) is 35.4 Å². The Hall–Kier alpha value is -5.27. The average Bonchev–Trinajstić information content (AvgIpc) is 3.78. The number of carbonyl (C=O) groups is 7. The molecule has 0 saturated carbocycles. The van der Waals surface area contributed by atoms with Gasteiger partial charge in [-0.2, -0.15) is 0 Å². The highest BCUT2D eigenvalue weighted by atomic mass is 16.5. The van der Waals surface area contributed by atoms with Crippen LogP contribution in [0.1, 0.15) is 52.5 Å². The van der Waals surface area contributed by atoms with Gasteiger partial charge in [0.25, 0.3) is 0 Å². The molecule has 14 nitrogen and oxygen atoms in total. The normalized spacial score (nSPS) is 27.2. The molecule has 0 aliphatic carbocycles. The van der Waals surface area contributed by atoms with Crippen LogP contribution >= 0.6 is 0 Å². The van der Waals surface area contributed by atoms with Crippen LogP contribution in [0.2, 0.25) is 0 Å². The van der Waals surface area contributed by atoms with Crippen LogP contribution in [0, 0.1) is 5.92 Å². The Labute approximate surface area is 304 Å². The summed E-state index contributed by atoms with van der Waals surface area (Å²) in [5, 5.41) is 8.08. The molecule has 3 heterocycles. The fourth-order valence-corrected chi connectivity index (χ4v) is 6.62. The number of benzene rings is 1. The predicted octanol–water partition coefficient (Wildman–Crippen LogP) is 1.02. The maximum atomic E-state index is 14.3. The molecule has 3 aliphatic rings. The molecule has 1 aromatic rings. The molecule has 3 aliphatic heterocycles. The molecule has 0 radical (unpaired) electrons. The molecule has 280 valence electrons. The third-order valence-corrected chi connectivity index (χ3v) is 9.62. The summed E-state index contributed by atoms with van der Waals surface area (Å²) in [7, 11) is 1.46. The number of rotatable bonds is 8. The second-order valence-corrected chi connectivity index (χ2v) is 13.6. The molecule has 4 rings (SSSR count). The lowest BCUT2D eigenvalue weighted by Crippen LogP contribution is -2.60. The number of hydrogen-bond acceptors (Lipinski definition) is 8. The molecular formula is C38H50N6O8. The topological polar surface area (TPSA) is 175 Å². The summed E-state index contributed by atoms with van der Waals surface area (Å²) < 4.78 is 5.68. The van der Waals surface area contributed by atoms with Gasteiger partial charge in [0, 0.05) is 32.6 Å². The summed E-state index contributed by atoms with van der Waals surface area (Å²) in [5.74, 6) is -4.25. The van der Waals surface area contributed by atoms with Crippen LogP contribution in [0.3, 0.4) is 0 Å². The summed E-state index contributed by atoms with van der Waals surface area (Å²) in [4.78, 5) is 99.2. The molecule has 3 saturated heterocycles. The molecule has 1 unspecified atom stereocenters. The van der Waals surface area contributed by atoms with Crippen molar-refractivity contribution in [3.05, 3.63) is 72.4 Å².